The van der Waals surface area contributed by atoms with Gasteiger partial charge in [0.15, 0.2) is 0 Å². The number of nitrogens with one attached hydrogen (secondary N) is 1. The molecule has 2 aromatic rings. The summed E-state index contributed by atoms with van der Waals surface area (Å²) in [7, 11) is 3.21. The van der Waals surface area contributed by atoms with E-state index in [0.717, 1.165) is 37.6 Å². The summed E-state index contributed by atoms with van der Waals surface area (Å²) in [4.78, 5) is 14.9. The maximum Gasteiger partial charge on any atom is 0.255 e. The molecule has 1 N–H and O–H groups in total. The lowest BCUT2D eigenvalue weighted by Crippen LogP contribution is -2.35. The topological polar surface area (TPSA) is 73.2 Å². The Morgan fingerprint density at radius 3 is 2.70 bits per heavy atom. The molecule has 1 fully saturated rings. The van der Waals surface area contributed by atoms with E-state index >= 15 is 0 Å². The van der Waals surface area contributed by atoms with Crippen molar-refractivity contribution in [3.05, 3.63) is 47.4 Å². The molecule has 2 heterocycles. The highest BCUT2D eigenvalue weighted by molar-refractivity contribution is 5.94. The van der Waals surface area contributed by atoms with E-state index in [1.54, 1.807) is 20.3 Å². The molecule has 1 amide bonds. The maximum absolute atomic E-state index is 12.6. The Bertz CT molecular complexity index is 767. The van der Waals surface area contributed by atoms with Crippen molar-refractivity contribution in [3.8, 4) is 11.5 Å². The minimum atomic E-state index is -0.250. The third kappa shape index (κ3) is 4.81. The molecule has 27 heavy (non-hydrogen) atoms. The Labute approximate surface area is 159 Å². The van der Waals surface area contributed by atoms with Crippen LogP contribution in [-0.2, 0) is 11.3 Å². The minimum Gasteiger partial charge on any atom is -0.497 e. The van der Waals surface area contributed by atoms with E-state index in [4.69, 9.17) is 18.6 Å². The fourth-order valence-corrected chi connectivity index (χ4v) is 3.10. The molecule has 1 unspecified atom stereocenters. The molecule has 1 aromatic carbocycles. The lowest BCUT2D eigenvalue weighted by atomic mass is 10.1. The molecule has 3 rings (SSSR count). The van der Waals surface area contributed by atoms with Crippen molar-refractivity contribution in [3.63, 3.8) is 0 Å². The Balaban J connectivity index is 1.65. The smallest absolute Gasteiger partial charge is 0.255 e. The van der Waals surface area contributed by atoms with Crippen LogP contribution in [0.25, 0.3) is 0 Å². The number of hydrogen-bond donors (Lipinski definition) is 1. The second-order valence-electron chi connectivity index (χ2n) is 6.49. The van der Waals surface area contributed by atoms with E-state index in [9.17, 15) is 4.79 Å². The quantitative estimate of drug-likeness (QED) is 0.803. The monoisotopic (exact) mass is 374 g/mol. The van der Waals surface area contributed by atoms with Gasteiger partial charge in [-0.1, -0.05) is 0 Å². The predicted molar refractivity (Wildman–Crippen MR) is 100 cm³/mol. The largest absolute Gasteiger partial charge is 0.497 e. The first kappa shape index (κ1) is 19.3. The third-order valence-electron chi connectivity index (χ3n) is 4.65. The van der Waals surface area contributed by atoms with E-state index in [0.29, 0.717) is 23.6 Å². The van der Waals surface area contributed by atoms with Gasteiger partial charge in [-0.3, -0.25) is 9.69 Å². The van der Waals surface area contributed by atoms with E-state index in [1.807, 2.05) is 25.1 Å². The molecule has 1 aliphatic heterocycles. The number of hydrogen-bond acceptors (Lipinski definition) is 6. The molecule has 7 heteroatoms. The van der Waals surface area contributed by atoms with Crippen LogP contribution in [0.5, 0.6) is 11.5 Å². The van der Waals surface area contributed by atoms with Crippen molar-refractivity contribution >= 4 is 5.91 Å². The zero-order chi connectivity index (χ0) is 19.2. The normalized spacial score (nSPS) is 16.0. The summed E-state index contributed by atoms with van der Waals surface area (Å²) in [6, 6.07) is 7.06. The van der Waals surface area contributed by atoms with Gasteiger partial charge >= 0.3 is 0 Å². The summed E-state index contributed by atoms with van der Waals surface area (Å²) in [5.41, 5.74) is 1.36. The van der Waals surface area contributed by atoms with E-state index < -0.39 is 0 Å². The summed E-state index contributed by atoms with van der Waals surface area (Å²) in [6.07, 6.45) is 1.50. The number of benzene rings is 1. The molecule has 0 saturated carbocycles. The van der Waals surface area contributed by atoms with Gasteiger partial charge in [0.2, 0.25) is 0 Å². The second kappa shape index (κ2) is 8.92. The number of furan rings is 1. The molecule has 1 atom stereocenters. The van der Waals surface area contributed by atoms with Crippen LogP contribution in [0.2, 0.25) is 0 Å². The predicted octanol–water partition coefficient (Wildman–Crippen LogP) is 2.62. The van der Waals surface area contributed by atoms with Gasteiger partial charge in [0.1, 0.15) is 23.5 Å². The van der Waals surface area contributed by atoms with Gasteiger partial charge < -0.3 is 23.9 Å². The van der Waals surface area contributed by atoms with Crippen molar-refractivity contribution in [2.24, 2.45) is 0 Å². The number of amides is 1. The van der Waals surface area contributed by atoms with Gasteiger partial charge in [-0.25, -0.2) is 0 Å². The number of carbonyl (C=O) groups is 1. The highest BCUT2D eigenvalue weighted by Gasteiger charge is 2.19. The Hall–Kier alpha value is -2.51. The first-order chi connectivity index (χ1) is 13.1. The fraction of sp³-hybridized carbons (Fsp3) is 0.450. The van der Waals surface area contributed by atoms with Crippen LogP contribution in [0, 0.1) is 0 Å². The average molecular weight is 374 g/mol. The van der Waals surface area contributed by atoms with E-state index in [1.165, 1.54) is 6.26 Å². The molecule has 1 saturated heterocycles. The third-order valence-corrected chi connectivity index (χ3v) is 4.65. The van der Waals surface area contributed by atoms with Crippen LogP contribution < -0.4 is 14.8 Å². The average Bonchev–Trinajstić information content (AvgIpc) is 3.16. The SMILES string of the molecule is COc1ccc(OC)c(C(C)NC(=O)c2coc(CN3CCOCC3)c2)c1. The maximum atomic E-state index is 12.6. The second-order valence-corrected chi connectivity index (χ2v) is 6.49. The van der Waals surface area contributed by atoms with Crippen LogP contribution >= 0.6 is 0 Å². The van der Waals surface area contributed by atoms with Crippen molar-refractivity contribution in [2.45, 2.75) is 19.5 Å². The number of rotatable bonds is 7. The summed E-state index contributed by atoms with van der Waals surface area (Å²) < 4.78 is 21.6. The van der Waals surface area contributed by atoms with Crippen LogP contribution in [0.3, 0.4) is 0 Å². The van der Waals surface area contributed by atoms with Crippen molar-refractivity contribution in [2.75, 3.05) is 40.5 Å². The van der Waals surface area contributed by atoms with Gasteiger partial charge in [-0.2, -0.15) is 0 Å². The molecule has 0 bridgehead atoms. The Morgan fingerprint density at radius 1 is 1.22 bits per heavy atom. The summed E-state index contributed by atoms with van der Waals surface area (Å²) in [5, 5.41) is 2.99. The molecule has 0 aliphatic carbocycles. The van der Waals surface area contributed by atoms with Crippen molar-refractivity contribution < 1.29 is 23.4 Å². The van der Waals surface area contributed by atoms with Gasteiger partial charge in [-0.15, -0.1) is 0 Å². The molecule has 1 aliphatic rings. The molecule has 0 radical (unpaired) electrons. The number of nitrogens with zero attached hydrogens (tertiary/aromatic N) is 1. The van der Waals surface area contributed by atoms with Crippen LogP contribution in [0.1, 0.15) is 34.6 Å². The number of carbonyl (C=O) groups excluding carboxylic acids is 1. The lowest BCUT2D eigenvalue weighted by Gasteiger charge is -2.25. The van der Waals surface area contributed by atoms with Gasteiger partial charge in [-0.05, 0) is 31.2 Å². The van der Waals surface area contributed by atoms with E-state index in [-0.39, 0.29) is 11.9 Å². The first-order valence-corrected chi connectivity index (χ1v) is 9.01. The Morgan fingerprint density at radius 2 is 2.00 bits per heavy atom. The fourth-order valence-electron chi connectivity index (χ4n) is 3.10. The van der Waals surface area contributed by atoms with E-state index in [2.05, 4.69) is 10.2 Å². The highest BCUT2D eigenvalue weighted by atomic mass is 16.5. The zero-order valence-electron chi connectivity index (χ0n) is 16.0. The standard InChI is InChI=1S/C20H26N2O5/c1-14(18-11-16(24-2)4-5-19(18)25-3)21-20(23)15-10-17(27-13-15)12-22-6-8-26-9-7-22/h4-5,10-11,13-14H,6-9,12H2,1-3H3,(H,21,23). The minimum absolute atomic E-state index is 0.190. The van der Waals surface area contributed by atoms with Crippen LogP contribution in [0.15, 0.2) is 34.9 Å². The number of methoxy groups -OCH3 is 2. The number of ether oxygens (including phenoxy) is 3. The summed E-state index contributed by atoms with van der Waals surface area (Å²) >= 11 is 0. The van der Waals surface area contributed by atoms with Gasteiger partial charge in [0.05, 0.1) is 45.6 Å². The molecule has 1 aromatic heterocycles. The highest BCUT2D eigenvalue weighted by Crippen LogP contribution is 2.29. The lowest BCUT2D eigenvalue weighted by molar-refractivity contribution is 0.0313. The van der Waals surface area contributed by atoms with Crippen molar-refractivity contribution in [1.29, 1.82) is 0 Å². The van der Waals surface area contributed by atoms with Gasteiger partial charge in [0.25, 0.3) is 5.91 Å². The molecular formula is C20H26N2O5. The van der Waals surface area contributed by atoms with Crippen LogP contribution in [-0.4, -0.2) is 51.3 Å². The first-order valence-electron chi connectivity index (χ1n) is 9.01. The molecular weight excluding hydrogens is 348 g/mol. The van der Waals surface area contributed by atoms with Gasteiger partial charge in [0, 0.05) is 18.7 Å². The number of morpholine rings is 1. The Kier molecular flexibility index (Phi) is 6.36. The molecule has 7 nitrogen and oxygen atoms in total. The molecule has 146 valence electrons. The van der Waals surface area contributed by atoms with Crippen molar-refractivity contribution in [1.82, 2.24) is 10.2 Å². The molecule has 0 spiro atoms. The van der Waals surface area contributed by atoms with Crippen LogP contribution in [0.4, 0.5) is 0 Å². The summed E-state index contributed by atoms with van der Waals surface area (Å²) in [5.74, 6) is 1.99. The zero-order valence-corrected chi connectivity index (χ0v) is 16.0. The summed E-state index contributed by atoms with van der Waals surface area (Å²) in [6.45, 7) is 5.78.